The van der Waals surface area contributed by atoms with Crippen LogP contribution in [0.2, 0.25) is 0 Å². The van der Waals surface area contributed by atoms with Gasteiger partial charge in [-0.1, -0.05) is 31.9 Å². The van der Waals surface area contributed by atoms with Crippen LogP contribution in [0.25, 0.3) is 5.57 Å². The van der Waals surface area contributed by atoms with Crippen LogP contribution in [-0.2, 0) is 0 Å². The molecule has 1 nitrogen and oxygen atoms in total. The summed E-state index contributed by atoms with van der Waals surface area (Å²) in [4.78, 5) is 0. The van der Waals surface area contributed by atoms with Crippen LogP contribution in [0.4, 0.5) is 26.3 Å². The van der Waals surface area contributed by atoms with Crippen LogP contribution in [0.3, 0.4) is 0 Å². The van der Waals surface area contributed by atoms with Gasteiger partial charge in [0.05, 0.1) is 12.2 Å². The molecule has 0 heterocycles. The van der Waals surface area contributed by atoms with Crippen LogP contribution >= 0.6 is 0 Å². The Morgan fingerprint density at radius 3 is 2.05 bits per heavy atom. The molecule has 0 N–H and O–H groups in total. The lowest BCUT2D eigenvalue weighted by Crippen LogP contribution is -2.15. The van der Waals surface area contributed by atoms with Crippen LogP contribution in [0.15, 0.2) is 30.3 Å². The fourth-order valence-corrected chi connectivity index (χ4v) is 1.77. The number of alkyl halides is 6. The molecule has 0 unspecified atom stereocenters. The molecule has 0 saturated carbocycles. The van der Waals surface area contributed by atoms with Crippen LogP contribution < -0.4 is 4.74 Å². The van der Waals surface area contributed by atoms with Crippen molar-refractivity contribution in [3.63, 3.8) is 0 Å². The zero-order chi connectivity index (χ0) is 16.8. The van der Waals surface area contributed by atoms with E-state index in [2.05, 4.69) is 0 Å². The normalized spacial score (nSPS) is 13.3. The standard InChI is InChI=1S/C15H16F6O/c1-2-3-4-9-22-12-7-5-11(6-8-12)13(15(19,20)21)10-14(16,17)18/h5-8,10H,2-4,9H2,1H3/b13-10+. The van der Waals surface area contributed by atoms with E-state index in [-0.39, 0.29) is 0 Å². The highest BCUT2D eigenvalue weighted by atomic mass is 19.4. The molecule has 1 rings (SSSR count). The summed E-state index contributed by atoms with van der Waals surface area (Å²) in [5.74, 6) is 0.327. The molecule has 0 aliphatic heterocycles. The second-order valence-corrected chi connectivity index (χ2v) is 4.68. The van der Waals surface area contributed by atoms with E-state index in [9.17, 15) is 26.3 Å². The Balaban J connectivity index is 2.88. The molecule has 0 amide bonds. The van der Waals surface area contributed by atoms with Gasteiger partial charge < -0.3 is 4.74 Å². The molecule has 7 heteroatoms. The van der Waals surface area contributed by atoms with Crippen molar-refractivity contribution in [3.05, 3.63) is 35.9 Å². The lowest BCUT2D eigenvalue weighted by molar-refractivity contribution is -0.0911. The first-order valence-electron chi connectivity index (χ1n) is 6.73. The predicted molar refractivity (Wildman–Crippen MR) is 71.5 cm³/mol. The van der Waals surface area contributed by atoms with Gasteiger partial charge in [-0.2, -0.15) is 26.3 Å². The lowest BCUT2D eigenvalue weighted by atomic mass is 10.0. The SMILES string of the molecule is CCCCCOc1ccc(/C(=C\C(F)(F)F)C(F)(F)F)cc1. The molecule has 0 spiro atoms. The van der Waals surface area contributed by atoms with Crippen molar-refractivity contribution < 1.29 is 31.1 Å². The third-order valence-corrected chi connectivity index (χ3v) is 2.80. The van der Waals surface area contributed by atoms with Crippen molar-refractivity contribution in [1.82, 2.24) is 0 Å². The van der Waals surface area contributed by atoms with Gasteiger partial charge in [0.1, 0.15) is 5.75 Å². The van der Waals surface area contributed by atoms with Gasteiger partial charge in [0.15, 0.2) is 0 Å². The van der Waals surface area contributed by atoms with Crippen LogP contribution in [0.5, 0.6) is 5.75 Å². The van der Waals surface area contributed by atoms with Crippen molar-refractivity contribution >= 4 is 5.57 Å². The number of hydrogen-bond acceptors (Lipinski definition) is 1. The topological polar surface area (TPSA) is 9.23 Å². The van der Waals surface area contributed by atoms with E-state index in [1.165, 1.54) is 12.1 Å². The van der Waals surface area contributed by atoms with Crippen LogP contribution in [-0.4, -0.2) is 19.0 Å². The summed E-state index contributed by atoms with van der Waals surface area (Å²) in [6.45, 7) is 2.43. The lowest BCUT2D eigenvalue weighted by Gasteiger charge is -2.14. The molecule has 1 aromatic carbocycles. The number of hydrogen-bond donors (Lipinski definition) is 0. The first-order chi connectivity index (χ1) is 10.1. The molecule has 0 aliphatic carbocycles. The minimum Gasteiger partial charge on any atom is -0.494 e. The van der Waals surface area contributed by atoms with Crippen molar-refractivity contribution in [2.24, 2.45) is 0 Å². The molecular formula is C15H16F6O. The van der Waals surface area contributed by atoms with Gasteiger partial charge in [-0.3, -0.25) is 0 Å². The van der Waals surface area contributed by atoms with E-state index >= 15 is 0 Å². The Bertz CT molecular complexity index is 484. The molecule has 124 valence electrons. The maximum absolute atomic E-state index is 12.7. The maximum Gasteiger partial charge on any atom is 0.417 e. The van der Waals surface area contributed by atoms with E-state index < -0.39 is 29.6 Å². The monoisotopic (exact) mass is 326 g/mol. The number of rotatable bonds is 6. The number of benzene rings is 1. The zero-order valence-corrected chi connectivity index (χ0v) is 11.9. The van der Waals surface area contributed by atoms with Gasteiger partial charge in [-0.05, 0) is 24.1 Å². The smallest absolute Gasteiger partial charge is 0.417 e. The Morgan fingerprint density at radius 1 is 1.00 bits per heavy atom. The van der Waals surface area contributed by atoms with Gasteiger partial charge in [0, 0.05) is 6.08 Å². The molecule has 0 radical (unpaired) electrons. The minimum absolute atomic E-state index is 0.327. The minimum atomic E-state index is -5.08. The highest BCUT2D eigenvalue weighted by Gasteiger charge is 2.39. The molecule has 0 bridgehead atoms. The van der Waals surface area contributed by atoms with Gasteiger partial charge in [0.25, 0.3) is 0 Å². The largest absolute Gasteiger partial charge is 0.494 e. The molecule has 0 aromatic heterocycles. The Hall–Kier alpha value is -1.66. The molecule has 0 aliphatic rings. The summed E-state index contributed by atoms with van der Waals surface area (Å²) in [6.07, 6.45) is -8.09. The van der Waals surface area contributed by atoms with Crippen molar-refractivity contribution in [2.45, 2.75) is 38.5 Å². The molecule has 0 atom stereocenters. The fourth-order valence-electron chi connectivity index (χ4n) is 1.77. The number of allylic oxidation sites excluding steroid dienone is 2. The summed E-state index contributed by atoms with van der Waals surface area (Å²) < 4.78 is 80.2. The molecular weight excluding hydrogens is 310 g/mol. The highest BCUT2D eigenvalue weighted by Crippen LogP contribution is 2.37. The Morgan fingerprint density at radius 2 is 1.59 bits per heavy atom. The van der Waals surface area contributed by atoms with Crippen LogP contribution in [0, 0.1) is 0 Å². The quantitative estimate of drug-likeness (QED) is 0.477. The van der Waals surface area contributed by atoms with E-state index in [1.54, 1.807) is 0 Å². The van der Waals surface area contributed by atoms with Gasteiger partial charge in [-0.25, -0.2) is 0 Å². The summed E-state index contributed by atoms with van der Waals surface area (Å²) >= 11 is 0. The van der Waals surface area contributed by atoms with E-state index in [0.29, 0.717) is 12.4 Å². The molecule has 0 saturated heterocycles. The van der Waals surface area contributed by atoms with E-state index in [4.69, 9.17) is 4.74 Å². The number of unbranched alkanes of at least 4 members (excludes halogenated alkanes) is 2. The second kappa shape index (κ2) is 7.56. The average Bonchev–Trinajstić information content (AvgIpc) is 2.40. The molecule has 22 heavy (non-hydrogen) atoms. The molecule has 0 fully saturated rings. The third-order valence-electron chi connectivity index (χ3n) is 2.80. The summed E-state index contributed by atoms with van der Waals surface area (Å²) in [6, 6.07) is 4.41. The third kappa shape index (κ3) is 6.41. The number of halogens is 6. The van der Waals surface area contributed by atoms with Gasteiger partial charge >= 0.3 is 12.4 Å². The second-order valence-electron chi connectivity index (χ2n) is 4.68. The van der Waals surface area contributed by atoms with Crippen molar-refractivity contribution in [2.75, 3.05) is 6.61 Å². The Kier molecular flexibility index (Phi) is 6.32. The maximum atomic E-state index is 12.7. The fraction of sp³-hybridized carbons (Fsp3) is 0.467. The summed E-state index contributed by atoms with van der Waals surface area (Å²) in [7, 11) is 0. The first kappa shape index (κ1) is 18.4. The van der Waals surface area contributed by atoms with E-state index in [0.717, 1.165) is 31.4 Å². The van der Waals surface area contributed by atoms with Gasteiger partial charge in [-0.15, -0.1) is 0 Å². The first-order valence-corrected chi connectivity index (χ1v) is 6.73. The average molecular weight is 326 g/mol. The predicted octanol–water partition coefficient (Wildman–Crippen LogP) is 5.76. The summed E-state index contributed by atoms with van der Waals surface area (Å²) in [5, 5.41) is 0. The summed E-state index contributed by atoms with van der Waals surface area (Å²) in [5.41, 5.74) is -2.27. The van der Waals surface area contributed by atoms with Crippen LogP contribution in [0.1, 0.15) is 31.7 Å². The number of ether oxygens (including phenoxy) is 1. The molecule has 1 aromatic rings. The van der Waals surface area contributed by atoms with Crippen molar-refractivity contribution in [1.29, 1.82) is 0 Å². The van der Waals surface area contributed by atoms with Crippen molar-refractivity contribution in [3.8, 4) is 5.75 Å². The highest BCUT2D eigenvalue weighted by molar-refractivity contribution is 5.70. The van der Waals surface area contributed by atoms with Gasteiger partial charge in [0.2, 0.25) is 0 Å². The van der Waals surface area contributed by atoms with E-state index in [1.807, 2.05) is 6.92 Å². The zero-order valence-electron chi connectivity index (χ0n) is 11.9. The Labute approximate surface area is 124 Å².